The van der Waals surface area contributed by atoms with Crippen LogP contribution in [-0.2, 0) is 4.79 Å². The summed E-state index contributed by atoms with van der Waals surface area (Å²) in [6.45, 7) is 1.89. The summed E-state index contributed by atoms with van der Waals surface area (Å²) >= 11 is 0. The van der Waals surface area contributed by atoms with Gasteiger partial charge in [0, 0.05) is 16.8 Å². The van der Waals surface area contributed by atoms with Crippen LogP contribution < -0.4 is 10.6 Å². The molecule has 0 aliphatic heterocycles. The van der Waals surface area contributed by atoms with Crippen LogP contribution >= 0.6 is 0 Å². The van der Waals surface area contributed by atoms with Crippen LogP contribution in [0.2, 0.25) is 0 Å². The topological polar surface area (TPSA) is 71.1 Å². The van der Waals surface area contributed by atoms with Gasteiger partial charge in [-0.1, -0.05) is 6.07 Å². The molecule has 0 radical (unpaired) electrons. The molecule has 122 valence electrons. The fourth-order valence-corrected chi connectivity index (χ4v) is 5.68. The first-order valence-electron chi connectivity index (χ1n) is 8.49. The fraction of sp³-hybridized carbons (Fsp3) is 0.611. The molecule has 2 amide bonds. The summed E-state index contributed by atoms with van der Waals surface area (Å²) < 4.78 is 0. The molecule has 2 N–H and O–H groups in total. The van der Waals surface area contributed by atoms with E-state index in [1.165, 1.54) is 6.42 Å². The van der Waals surface area contributed by atoms with Crippen LogP contribution in [0.15, 0.2) is 18.2 Å². The van der Waals surface area contributed by atoms with Crippen molar-refractivity contribution in [2.24, 2.45) is 11.8 Å². The lowest BCUT2D eigenvalue weighted by Gasteiger charge is -2.61. The Bertz CT molecular complexity index is 643. The minimum Gasteiger partial charge on any atom is -0.353 e. The summed E-state index contributed by atoms with van der Waals surface area (Å²) in [4.78, 5) is 28.1. The Hall–Kier alpha value is -1.91. The van der Waals surface area contributed by atoms with Crippen molar-refractivity contribution in [1.29, 1.82) is 0 Å². The third kappa shape index (κ3) is 2.52. The van der Waals surface area contributed by atoms with Crippen molar-refractivity contribution in [3.8, 4) is 0 Å². The van der Waals surface area contributed by atoms with Gasteiger partial charge in [-0.05, 0) is 69.4 Å². The minimum atomic E-state index is -0.178. The van der Waals surface area contributed by atoms with Crippen LogP contribution in [0.25, 0.3) is 0 Å². The van der Waals surface area contributed by atoms with Crippen molar-refractivity contribution in [3.05, 3.63) is 29.6 Å². The number of hydrogen-bond acceptors (Lipinski definition) is 3. The van der Waals surface area contributed by atoms with Crippen molar-refractivity contribution in [2.45, 2.75) is 56.5 Å². The van der Waals surface area contributed by atoms with E-state index in [0.29, 0.717) is 17.5 Å². The molecular formula is C18H23N3O2. The van der Waals surface area contributed by atoms with E-state index in [1.807, 2.05) is 19.1 Å². The van der Waals surface area contributed by atoms with E-state index < -0.39 is 0 Å². The highest BCUT2D eigenvalue weighted by atomic mass is 16.2. The highest BCUT2D eigenvalue weighted by Crippen LogP contribution is 2.57. The maximum Gasteiger partial charge on any atom is 0.270 e. The number of aromatic nitrogens is 1. The van der Waals surface area contributed by atoms with Gasteiger partial charge in [0.1, 0.15) is 5.69 Å². The Kier molecular flexibility index (Phi) is 3.22. The quantitative estimate of drug-likeness (QED) is 0.835. The number of carbonyl (C=O) groups is 2. The molecule has 2 atom stereocenters. The Balaban J connectivity index is 1.58. The molecule has 5 heteroatoms. The van der Waals surface area contributed by atoms with E-state index in [0.717, 1.165) is 44.2 Å². The molecular weight excluding hydrogens is 290 g/mol. The SMILES string of the molecule is Cc1cccc(C(=O)NC23CC4CC(CC(NC=O)(C4)C2)C3)n1. The molecule has 0 saturated heterocycles. The maximum atomic E-state index is 12.7. The van der Waals surface area contributed by atoms with Crippen LogP contribution in [0.4, 0.5) is 0 Å². The van der Waals surface area contributed by atoms with Crippen LogP contribution in [0.3, 0.4) is 0 Å². The van der Waals surface area contributed by atoms with E-state index >= 15 is 0 Å². The van der Waals surface area contributed by atoms with Crippen molar-refractivity contribution in [3.63, 3.8) is 0 Å². The second-order valence-electron chi connectivity index (χ2n) is 7.90. The predicted octanol–water partition coefficient (Wildman–Crippen LogP) is 1.96. The van der Waals surface area contributed by atoms with Crippen molar-refractivity contribution >= 4 is 12.3 Å². The molecule has 0 spiro atoms. The average Bonchev–Trinajstić information content (AvgIpc) is 2.45. The van der Waals surface area contributed by atoms with E-state index in [9.17, 15) is 9.59 Å². The number of hydrogen-bond donors (Lipinski definition) is 2. The van der Waals surface area contributed by atoms with E-state index in [2.05, 4.69) is 15.6 Å². The molecule has 4 aliphatic carbocycles. The lowest BCUT2D eigenvalue weighted by Crippen LogP contribution is -2.69. The normalized spacial score (nSPS) is 37.4. The summed E-state index contributed by atoms with van der Waals surface area (Å²) in [5.74, 6) is 1.13. The lowest BCUT2D eigenvalue weighted by atomic mass is 9.50. The van der Waals surface area contributed by atoms with Gasteiger partial charge in [-0.3, -0.25) is 9.59 Å². The van der Waals surface area contributed by atoms with Crippen LogP contribution in [-0.4, -0.2) is 28.4 Å². The fourth-order valence-electron chi connectivity index (χ4n) is 5.68. The second kappa shape index (κ2) is 5.05. The summed E-state index contributed by atoms with van der Waals surface area (Å²) in [5, 5.41) is 6.38. The first-order valence-corrected chi connectivity index (χ1v) is 8.49. The summed E-state index contributed by atoms with van der Waals surface area (Å²) in [6.07, 6.45) is 7.11. The molecule has 4 aliphatic rings. The maximum absolute atomic E-state index is 12.7. The first kappa shape index (κ1) is 14.7. The largest absolute Gasteiger partial charge is 0.353 e. The van der Waals surface area contributed by atoms with E-state index in [4.69, 9.17) is 0 Å². The van der Waals surface area contributed by atoms with Crippen molar-refractivity contribution in [2.75, 3.05) is 0 Å². The second-order valence-corrected chi connectivity index (χ2v) is 7.90. The molecule has 1 aromatic rings. The standard InChI is InChI=1S/C18H23N3O2/c1-12-3-2-4-15(20-12)16(23)21-18-8-13-5-14(9-18)7-17(6-13,10-18)19-11-22/h2-4,11,13-14H,5-10H2,1H3,(H,19,22)(H,21,23). The molecule has 23 heavy (non-hydrogen) atoms. The summed E-state index contributed by atoms with van der Waals surface area (Å²) in [5.41, 5.74) is 1.04. The Morgan fingerprint density at radius 2 is 1.91 bits per heavy atom. The number of nitrogens with one attached hydrogen (secondary N) is 2. The zero-order chi connectivity index (χ0) is 16.1. The van der Waals surface area contributed by atoms with Gasteiger partial charge in [0.05, 0.1) is 0 Å². The third-order valence-electron chi connectivity index (χ3n) is 5.93. The van der Waals surface area contributed by atoms with Gasteiger partial charge in [0.15, 0.2) is 0 Å². The highest BCUT2D eigenvalue weighted by Gasteiger charge is 2.58. The van der Waals surface area contributed by atoms with Gasteiger partial charge in [-0.25, -0.2) is 4.98 Å². The highest BCUT2D eigenvalue weighted by molar-refractivity contribution is 5.92. The van der Waals surface area contributed by atoms with Crippen LogP contribution in [0.5, 0.6) is 0 Å². The van der Waals surface area contributed by atoms with Gasteiger partial charge in [-0.15, -0.1) is 0 Å². The van der Waals surface area contributed by atoms with Crippen molar-refractivity contribution in [1.82, 2.24) is 15.6 Å². The molecule has 5 nitrogen and oxygen atoms in total. The van der Waals surface area contributed by atoms with Crippen LogP contribution in [0.1, 0.15) is 54.7 Å². The van der Waals surface area contributed by atoms with Gasteiger partial charge in [-0.2, -0.15) is 0 Å². The molecule has 1 aromatic heterocycles. The molecule has 4 saturated carbocycles. The Morgan fingerprint density at radius 1 is 1.22 bits per heavy atom. The van der Waals surface area contributed by atoms with Gasteiger partial charge in [0.25, 0.3) is 5.91 Å². The molecule has 5 rings (SSSR count). The van der Waals surface area contributed by atoms with Crippen LogP contribution in [0, 0.1) is 18.8 Å². The molecule has 4 fully saturated rings. The summed E-state index contributed by atoms with van der Waals surface area (Å²) in [7, 11) is 0. The Labute approximate surface area is 136 Å². The monoisotopic (exact) mass is 313 g/mol. The van der Waals surface area contributed by atoms with Gasteiger partial charge >= 0.3 is 0 Å². The molecule has 0 aromatic carbocycles. The number of aryl methyl sites for hydroxylation is 1. The lowest BCUT2D eigenvalue weighted by molar-refractivity contribution is -0.116. The number of nitrogens with zero attached hydrogens (tertiary/aromatic N) is 1. The van der Waals surface area contributed by atoms with Crippen molar-refractivity contribution < 1.29 is 9.59 Å². The smallest absolute Gasteiger partial charge is 0.270 e. The molecule has 1 heterocycles. The Morgan fingerprint density at radius 3 is 2.57 bits per heavy atom. The zero-order valence-electron chi connectivity index (χ0n) is 13.5. The van der Waals surface area contributed by atoms with Gasteiger partial charge < -0.3 is 10.6 Å². The third-order valence-corrected chi connectivity index (χ3v) is 5.93. The number of carbonyl (C=O) groups excluding carboxylic acids is 2. The number of amides is 2. The molecule has 2 unspecified atom stereocenters. The van der Waals surface area contributed by atoms with E-state index in [1.54, 1.807) is 6.07 Å². The zero-order valence-corrected chi connectivity index (χ0v) is 13.5. The number of rotatable bonds is 4. The average molecular weight is 313 g/mol. The predicted molar refractivity (Wildman–Crippen MR) is 85.8 cm³/mol. The molecule has 4 bridgehead atoms. The van der Waals surface area contributed by atoms with E-state index in [-0.39, 0.29) is 17.0 Å². The summed E-state index contributed by atoms with van der Waals surface area (Å²) in [6, 6.07) is 5.53. The first-order chi connectivity index (χ1) is 11.0. The minimum absolute atomic E-state index is 0.0862. The number of pyridine rings is 1. The van der Waals surface area contributed by atoms with Gasteiger partial charge in [0.2, 0.25) is 6.41 Å².